The SMILES string of the molecule is CCCCCCNC(=O)NCC(C(=O)O)C(C)C. The summed E-state index contributed by atoms with van der Waals surface area (Å²) in [5.74, 6) is -1.39. The van der Waals surface area contributed by atoms with Crippen molar-refractivity contribution in [1.82, 2.24) is 10.6 Å². The maximum absolute atomic E-state index is 11.4. The van der Waals surface area contributed by atoms with E-state index in [1.54, 1.807) is 0 Å². The molecule has 0 bridgehead atoms. The van der Waals surface area contributed by atoms with Gasteiger partial charge in [-0.3, -0.25) is 4.79 Å². The number of carbonyl (C=O) groups is 2. The zero-order valence-corrected chi connectivity index (χ0v) is 11.7. The molecule has 2 amide bonds. The van der Waals surface area contributed by atoms with E-state index in [9.17, 15) is 9.59 Å². The Bertz CT molecular complexity index is 255. The van der Waals surface area contributed by atoms with E-state index < -0.39 is 11.9 Å². The van der Waals surface area contributed by atoms with Crippen LogP contribution in [0.1, 0.15) is 46.5 Å². The highest BCUT2D eigenvalue weighted by Crippen LogP contribution is 2.09. The first-order chi connectivity index (χ1) is 8.49. The van der Waals surface area contributed by atoms with Crippen LogP contribution in [0.25, 0.3) is 0 Å². The number of unbranched alkanes of at least 4 members (excludes halogenated alkanes) is 3. The van der Waals surface area contributed by atoms with Crippen molar-refractivity contribution in [1.29, 1.82) is 0 Å². The molecule has 0 rings (SSSR count). The van der Waals surface area contributed by atoms with E-state index in [0.717, 1.165) is 12.8 Å². The molecule has 0 aromatic heterocycles. The third-order valence-electron chi connectivity index (χ3n) is 2.92. The average Bonchev–Trinajstić information content (AvgIpc) is 2.28. The van der Waals surface area contributed by atoms with Gasteiger partial charge in [-0.2, -0.15) is 0 Å². The minimum atomic E-state index is -0.867. The van der Waals surface area contributed by atoms with Crippen LogP contribution in [0.15, 0.2) is 0 Å². The number of nitrogens with one attached hydrogen (secondary N) is 2. The fraction of sp³-hybridized carbons (Fsp3) is 0.846. The van der Waals surface area contributed by atoms with Crippen molar-refractivity contribution in [3.05, 3.63) is 0 Å². The normalized spacial score (nSPS) is 12.2. The van der Waals surface area contributed by atoms with Gasteiger partial charge in [-0.15, -0.1) is 0 Å². The largest absolute Gasteiger partial charge is 0.481 e. The molecule has 106 valence electrons. The topological polar surface area (TPSA) is 78.4 Å². The van der Waals surface area contributed by atoms with Gasteiger partial charge in [-0.25, -0.2) is 4.79 Å². The molecule has 0 aliphatic rings. The Morgan fingerprint density at radius 2 is 1.78 bits per heavy atom. The summed E-state index contributed by atoms with van der Waals surface area (Å²) in [7, 11) is 0. The van der Waals surface area contributed by atoms with Crippen LogP contribution in [-0.4, -0.2) is 30.2 Å². The van der Waals surface area contributed by atoms with Crippen molar-refractivity contribution in [2.24, 2.45) is 11.8 Å². The lowest BCUT2D eigenvalue weighted by Crippen LogP contribution is -2.41. The summed E-state index contributed by atoms with van der Waals surface area (Å²) in [6.45, 7) is 6.63. The quantitative estimate of drug-likeness (QED) is 0.555. The van der Waals surface area contributed by atoms with Gasteiger partial charge >= 0.3 is 12.0 Å². The maximum Gasteiger partial charge on any atom is 0.314 e. The van der Waals surface area contributed by atoms with Crippen molar-refractivity contribution in [2.75, 3.05) is 13.1 Å². The zero-order chi connectivity index (χ0) is 14.0. The predicted molar refractivity (Wildman–Crippen MR) is 71.5 cm³/mol. The molecule has 18 heavy (non-hydrogen) atoms. The van der Waals surface area contributed by atoms with Gasteiger partial charge in [-0.05, 0) is 12.3 Å². The number of rotatable bonds is 9. The molecule has 0 aromatic rings. The van der Waals surface area contributed by atoms with Gasteiger partial charge in [0.25, 0.3) is 0 Å². The van der Waals surface area contributed by atoms with Crippen LogP contribution in [0.4, 0.5) is 4.79 Å². The van der Waals surface area contributed by atoms with E-state index in [0.29, 0.717) is 6.54 Å². The Kier molecular flexibility index (Phi) is 9.06. The number of urea groups is 1. The van der Waals surface area contributed by atoms with Gasteiger partial charge in [0.1, 0.15) is 0 Å². The van der Waals surface area contributed by atoms with Crippen molar-refractivity contribution in [3.63, 3.8) is 0 Å². The van der Waals surface area contributed by atoms with Crippen molar-refractivity contribution in [3.8, 4) is 0 Å². The summed E-state index contributed by atoms with van der Waals surface area (Å²) in [5.41, 5.74) is 0. The molecule has 5 nitrogen and oxygen atoms in total. The molecule has 0 heterocycles. The minimum Gasteiger partial charge on any atom is -0.481 e. The Hall–Kier alpha value is -1.26. The number of carbonyl (C=O) groups excluding carboxylic acids is 1. The first kappa shape index (κ1) is 16.7. The molecule has 5 heteroatoms. The van der Waals surface area contributed by atoms with Gasteiger partial charge in [-0.1, -0.05) is 40.0 Å². The second-order valence-electron chi connectivity index (χ2n) is 4.89. The highest BCUT2D eigenvalue weighted by molar-refractivity contribution is 5.75. The predicted octanol–water partition coefficient (Wildman–Crippen LogP) is 2.22. The molecular formula is C13H26N2O3. The van der Waals surface area contributed by atoms with Crippen molar-refractivity contribution in [2.45, 2.75) is 46.5 Å². The van der Waals surface area contributed by atoms with Crippen LogP contribution in [0.3, 0.4) is 0 Å². The van der Waals surface area contributed by atoms with Crippen LogP contribution in [-0.2, 0) is 4.79 Å². The monoisotopic (exact) mass is 258 g/mol. The van der Waals surface area contributed by atoms with E-state index in [2.05, 4.69) is 17.6 Å². The average molecular weight is 258 g/mol. The van der Waals surface area contributed by atoms with Gasteiger partial charge in [0.05, 0.1) is 5.92 Å². The van der Waals surface area contributed by atoms with Gasteiger partial charge in [0, 0.05) is 13.1 Å². The summed E-state index contributed by atoms with van der Waals surface area (Å²) < 4.78 is 0. The molecule has 1 atom stereocenters. The first-order valence-electron chi connectivity index (χ1n) is 6.73. The molecule has 0 spiro atoms. The van der Waals surface area contributed by atoms with Crippen molar-refractivity contribution < 1.29 is 14.7 Å². The minimum absolute atomic E-state index is 0.00681. The number of carboxylic acid groups (broad SMARTS) is 1. The smallest absolute Gasteiger partial charge is 0.314 e. The molecule has 0 aliphatic heterocycles. The molecule has 1 unspecified atom stereocenters. The van der Waals surface area contributed by atoms with Crippen LogP contribution in [0.5, 0.6) is 0 Å². The molecule has 0 aromatic carbocycles. The third kappa shape index (κ3) is 7.92. The highest BCUT2D eigenvalue weighted by atomic mass is 16.4. The lowest BCUT2D eigenvalue weighted by atomic mass is 9.96. The number of hydrogen-bond acceptors (Lipinski definition) is 2. The number of amides is 2. The summed E-state index contributed by atoms with van der Waals surface area (Å²) >= 11 is 0. The highest BCUT2D eigenvalue weighted by Gasteiger charge is 2.21. The van der Waals surface area contributed by atoms with E-state index in [4.69, 9.17) is 5.11 Å². The Morgan fingerprint density at radius 3 is 2.28 bits per heavy atom. The summed E-state index contributed by atoms with van der Waals surface area (Å²) in [6.07, 6.45) is 4.42. The van der Waals surface area contributed by atoms with E-state index in [1.165, 1.54) is 12.8 Å². The Labute approximate surface area is 109 Å². The number of aliphatic carboxylic acids is 1. The molecule has 0 saturated heterocycles. The lowest BCUT2D eigenvalue weighted by Gasteiger charge is -2.16. The van der Waals surface area contributed by atoms with Gasteiger partial charge in [0.2, 0.25) is 0 Å². The first-order valence-corrected chi connectivity index (χ1v) is 6.73. The van der Waals surface area contributed by atoms with Crippen molar-refractivity contribution >= 4 is 12.0 Å². The fourth-order valence-corrected chi connectivity index (χ4v) is 1.63. The molecule has 0 radical (unpaired) electrons. The van der Waals surface area contributed by atoms with E-state index in [-0.39, 0.29) is 18.5 Å². The lowest BCUT2D eigenvalue weighted by molar-refractivity contribution is -0.142. The fourth-order valence-electron chi connectivity index (χ4n) is 1.63. The van der Waals surface area contributed by atoms with Crippen LogP contribution < -0.4 is 10.6 Å². The third-order valence-corrected chi connectivity index (χ3v) is 2.92. The van der Waals surface area contributed by atoms with E-state index >= 15 is 0 Å². The summed E-state index contributed by atoms with van der Waals surface area (Å²) in [5, 5.41) is 14.3. The van der Waals surface area contributed by atoms with Crippen LogP contribution in [0, 0.1) is 11.8 Å². The van der Waals surface area contributed by atoms with Gasteiger partial charge in [0.15, 0.2) is 0 Å². The zero-order valence-electron chi connectivity index (χ0n) is 11.7. The Balaban J connectivity index is 3.71. The molecule has 0 fully saturated rings. The molecule has 3 N–H and O–H groups in total. The molecule has 0 saturated carbocycles. The van der Waals surface area contributed by atoms with Gasteiger partial charge < -0.3 is 15.7 Å². The number of hydrogen-bond donors (Lipinski definition) is 3. The van der Waals surface area contributed by atoms with Crippen LogP contribution >= 0.6 is 0 Å². The molecular weight excluding hydrogens is 232 g/mol. The second kappa shape index (κ2) is 9.74. The standard InChI is InChI=1S/C13H26N2O3/c1-4-5-6-7-8-14-13(18)15-9-11(10(2)3)12(16)17/h10-11H,4-9H2,1-3H3,(H,16,17)(H2,14,15,18). The van der Waals surface area contributed by atoms with E-state index in [1.807, 2.05) is 13.8 Å². The number of carboxylic acids is 1. The maximum atomic E-state index is 11.4. The second-order valence-corrected chi connectivity index (χ2v) is 4.89. The summed E-state index contributed by atoms with van der Waals surface area (Å²) in [4.78, 5) is 22.3. The van der Waals surface area contributed by atoms with Crippen LogP contribution in [0.2, 0.25) is 0 Å². The molecule has 0 aliphatic carbocycles. The Morgan fingerprint density at radius 1 is 1.11 bits per heavy atom. The summed E-state index contributed by atoms with van der Waals surface area (Å²) in [6, 6.07) is -0.279.